The van der Waals surface area contributed by atoms with Gasteiger partial charge in [-0.1, -0.05) is 60.7 Å². The molecule has 3 heteroatoms. The highest BCUT2D eigenvalue weighted by atomic mass is 16.5. The van der Waals surface area contributed by atoms with Crippen LogP contribution in [0.3, 0.4) is 0 Å². The number of benzene rings is 3. The summed E-state index contributed by atoms with van der Waals surface area (Å²) in [5, 5.41) is 3.14. The van der Waals surface area contributed by atoms with Crippen LogP contribution < -0.4 is 10.1 Å². The van der Waals surface area contributed by atoms with Gasteiger partial charge in [0, 0.05) is 5.69 Å². The van der Waals surface area contributed by atoms with Gasteiger partial charge in [-0.05, 0) is 54.2 Å². The van der Waals surface area contributed by atoms with Crippen molar-refractivity contribution in [1.29, 1.82) is 0 Å². The Kier molecular flexibility index (Phi) is 4.68. The van der Waals surface area contributed by atoms with Crippen molar-refractivity contribution in [1.82, 2.24) is 0 Å². The molecule has 0 radical (unpaired) electrons. The summed E-state index contributed by atoms with van der Waals surface area (Å²) in [4.78, 5) is 13.3. The molecule has 0 saturated carbocycles. The fourth-order valence-electron chi connectivity index (χ4n) is 3.94. The normalized spacial score (nSPS) is 18.5. The number of hydrogen-bond donors (Lipinski definition) is 1. The Balaban J connectivity index is 1.73. The molecule has 27 heavy (non-hydrogen) atoms. The molecule has 0 aliphatic carbocycles. The zero-order valence-corrected chi connectivity index (χ0v) is 15.4. The Morgan fingerprint density at radius 1 is 0.926 bits per heavy atom. The number of carbonyl (C=O) groups is 1. The van der Waals surface area contributed by atoms with Crippen molar-refractivity contribution >= 4 is 11.6 Å². The number of fused-ring (bicyclic) bond motifs is 1. The van der Waals surface area contributed by atoms with Crippen LogP contribution in [0.5, 0.6) is 5.75 Å². The second-order valence-corrected chi connectivity index (χ2v) is 7.08. The smallest absolute Gasteiger partial charge is 0.235 e. The first kappa shape index (κ1) is 17.3. The van der Waals surface area contributed by atoms with Crippen LogP contribution in [0.1, 0.15) is 23.1 Å². The zero-order valence-electron chi connectivity index (χ0n) is 15.4. The lowest BCUT2D eigenvalue weighted by Gasteiger charge is -2.38. The van der Waals surface area contributed by atoms with Gasteiger partial charge in [0.2, 0.25) is 5.91 Å². The minimum Gasteiger partial charge on any atom is -0.497 e. The molecular weight excluding hydrogens is 334 g/mol. The number of carbonyl (C=O) groups excluding carboxylic acids is 1. The fraction of sp³-hybridized carbons (Fsp3) is 0.208. The quantitative estimate of drug-likeness (QED) is 0.715. The van der Waals surface area contributed by atoms with E-state index in [0.717, 1.165) is 29.8 Å². The lowest BCUT2D eigenvalue weighted by atomic mass is 9.69. The van der Waals surface area contributed by atoms with Crippen molar-refractivity contribution in [3.8, 4) is 5.75 Å². The SMILES string of the molecule is COc1ccc(C2(CCc3ccccc3)Cc3ccccc3NC2=O)cc1. The molecule has 1 unspecified atom stereocenters. The maximum atomic E-state index is 13.3. The average Bonchev–Trinajstić information content (AvgIpc) is 2.73. The van der Waals surface area contributed by atoms with Crippen LogP contribution in [-0.2, 0) is 23.1 Å². The van der Waals surface area contributed by atoms with E-state index in [9.17, 15) is 4.79 Å². The van der Waals surface area contributed by atoms with Gasteiger partial charge in [0.1, 0.15) is 5.75 Å². The Morgan fingerprint density at radius 2 is 1.63 bits per heavy atom. The molecule has 4 rings (SSSR count). The summed E-state index contributed by atoms with van der Waals surface area (Å²) in [7, 11) is 1.66. The molecule has 3 aromatic rings. The third-order valence-electron chi connectivity index (χ3n) is 5.52. The highest BCUT2D eigenvalue weighted by Crippen LogP contribution is 2.40. The number of anilines is 1. The van der Waals surface area contributed by atoms with E-state index in [1.54, 1.807) is 7.11 Å². The van der Waals surface area contributed by atoms with Crippen LogP contribution in [0.2, 0.25) is 0 Å². The second kappa shape index (κ2) is 7.28. The summed E-state index contributed by atoms with van der Waals surface area (Å²) in [6, 6.07) is 26.4. The summed E-state index contributed by atoms with van der Waals surface area (Å²) in [6.45, 7) is 0. The molecule has 1 aliphatic rings. The van der Waals surface area contributed by atoms with Crippen LogP contribution in [0.15, 0.2) is 78.9 Å². The Hall–Kier alpha value is -3.07. The molecule has 1 atom stereocenters. The largest absolute Gasteiger partial charge is 0.497 e. The minimum absolute atomic E-state index is 0.0716. The van der Waals surface area contributed by atoms with Gasteiger partial charge < -0.3 is 10.1 Å². The van der Waals surface area contributed by atoms with Gasteiger partial charge in [0.15, 0.2) is 0 Å². The van der Waals surface area contributed by atoms with E-state index in [1.807, 2.05) is 60.7 Å². The number of amides is 1. The molecule has 136 valence electrons. The number of nitrogens with one attached hydrogen (secondary N) is 1. The molecule has 0 saturated heterocycles. The summed E-state index contributed by atoms with van der Waals surface area (Å²) >= 11 is 0. The second-order valence-electron chi connectivity index (χ2n) is 7.08. The van der Waals surface area contributed by atoms with Crippen molar-refractivity contribution < 1.29 is 9.53 Å². The first-order valence-corrected chi connectivity index (χ1v) is 9.29. The number of para-hydroxylation sites is 1. The van der Waals surface area contributed by atoms with E-state index in [-0.39, 0.29) is 5.91 Å². The number of ether oxygens (including phenoxy) is 1. The van der Waals surface area contributed by atoms with Gasteiger partial charge in [0.05, 0.1) is 12.5 Å². The van der Waals surface area contributed by atoms with Crippen molar-refractivity contribution in [2.24, 2.45) is 0 Å². The van der Waals surface area contributed by atoms with E-state index in [2.05, 4.69) is 23.5 Å². The molecule has 0 spiro atoms. The van der Waals surface area contributed by atoms with Crippen LogP contribution in [0, 0.1) is 0 Å². The minimum atomic E-state index is -0.587. The van der Waals surface area contributed by atoms with E-state index in [4.69, 9.17) is 4.74 Å². The summed E-state index contributed by atoms with van der Waals surface area (Å²) in [5.74, 6) is 0.871. The van der Waals surface area contributed by atoms with Crippen molar-refractivity contribution in [2.45, 2.75) is 24.7 Å². The lowest BCUT2D eigenvalue weighted by molar-refractivity contribution is -0.122. The average molecular weight is 357 g/mol. The van der Waals surface area contributed by atoms with Crippen LogP contribution in [0.25, 0.3) is 0 Å². The maximum absolute atomic E-state index is 13.3. The number of aryl methyl sites for hydroxylation is 1. The number of methoxy groups -OCH3 is 1. The highest BCUT2D eigenvalue weighted by Gasteiger charge is 2.43. The molecule has 1 amide bonds. The summed E-state index contributed by atoms with van der Waals surface area (Å²) < 4.78 is 5.30. The third-order valence-corrected chi connectivity index (χ3v) is 5.52. The number of rotatable bonds is 5. The van der Waals surface area contributed by atoms with Crippen LogP contribution in [-0.4, -0.2) is 13.0 Å². The predicted octanol–water partition coefficient (Wildman–Crippen LogP) is 4.76. The highest BCUT2D eigenvalue weighted by molar-refractivity contribution is 6.02. The van der Waals surface area contributed by atoms with Gasteiger partial charge in [0.25, 0.3) is 0 Å². The number of hydrogen-bond acceptors (Lipinski definition) is 2. The molecule has 0 aromatic heterocycles. The van der Waals surface area contributed by atoms with Gasteiger partial charge in [-0.15, -0.1) is 0 Å². The first-order valence-electron chi connectivity index (χ1n) is 9.29. The Morgan fingerprint density at radius 3 is 2.37 bits per heavy atom. The van der Waals surface area contributed by atoms with Gasteiger partial charge in [-0.3, -0.25) is 4.79 Å². The molecular formula is C24H23NO2. The molecule has 3 aromatic carbocycles. The Bertz CT molecular complexity index is 934. The third kappa shape index (κ3) is 3.33. The van der Waals surface area contributed by atoms with E-state index >= 15 is 0 Å². The molecule has 1 heterocycles. The molecule has 1 N–H and O–H groups in total. The van der Waals surface area contributed by atoms with Gasteiger partial charge >= 0.3 is 0 Å². The molecule has 3 nitrogen and oxygen atoms in total. The zero-order chi connectivity index (χ0) is 18.7. The first-order chi connectivity index (χ1) is 13.2. The van der Waals surface area contributed by atoms with E-state index < -0.39 is 5.41 Å². The topological polar surface area (TPSA) is 38.3 Å². The standard InChI is InChI=1S/C24H23NO2/c1-27-21-13-11-20(12-14-21)24(16-15-18-7-3-2-4-8-18)17-19-9-5-6-10-22(19)25-23(24)26/h2-14H,15-17H2,1H3,(H,25,26). The Labute approximate surface area is 160 Å². The van der Waals surface area contributed by atoms with E-state index in [0.29, 0.717) is 6.42 Å². The van der Waals surface area contributed by atoms with Crippen LogP contribution >= 0.6 is 0 Å². The lowest BCUT2D eigenvalue weighted by Crippen LogP contribution is -2.46. The maximum Gasteiger partial charge on any atom is 0.235 e. The van der Waals surface area contributed by atoms with Crippen LogP contribution in [0.4, 0.5) is 5.69 Å². The van der Waals surface area contributed by atoms with Gasteiger partial charge in [-0.2, -0.15) is 0 Å². The monoisotopic (exact) mass is 357 g/mol. The van der Waals surface area contributed by atoms with Crippen molar-refractivity contribution in [3.63, 3.8) is 0 Å². The molecule has 1 aliphatic heterocycles. The van der Waals surface area contributed by atoms with Gasteiger partial charge in [-0.25, -0.2) is 0 Å². The van der Waals surface area contributed by atoms with E-state index in [1.165, 1.54) is 11.1 Å². The molecule has 0 bridgehead atoms. The summed E-state index contributed by atoms with van der Waals surface area (Å²) in [6.07, 6.45) is 2.31. The van der Waals surface area contributed by atoms with Crippen molar-refractivity contribution in [2.75, 3.05) is 12.4 Å². The fourth-order valence-corrected chi connectivity index (χ4v) is 3.94. The summed E-state index contributed by atoms with van der Waals surface area (Å²) in [5.41, 5.74) is 3.80. The molecule has 0 fully saturated rings. The van der Waals surface area contributed by atoms with Crippen molar-refractivity contribution in [3.05, 3.63) is 95.6 Å². The predicted molar refractivity (Wildman–Crippen MR) is 108 cm³/mol.